The summed E-state index contributed by atoms with van der Waals surface area (Å²) in [5.74, 6) is 0. The van der Waals surface area contributed by atoms with Crippen molar-refractivity contribution in [3.05, 3.63) is 34.6 Å². The van der Waals surface area contributed by atoms with Crippen LogP contribution in [0.4, 0.5) is 0 Å². The third-order valence-corrected chi connectivity index (χ3v) is 2.45. The average Bonchev–Trinajstić information content (AvgIpc) is 2.70. The van der Waals surface area contributed by atoms with Gasteiger partial charge in [0.2, 0.25) is 5.58 Å². The molecular formula is C9H4ClNO2. The van der Waals surface area contributed by atoms with Crippen LogP contribution in [0.5, 0.6) is 0 Å². The summed E-state index contributed by atoms with van der Waals surface area (Å²) in [6.45, 7) is 0. The van der Waals surface area contributed by atoms with Gasteiger partial charge in [-0.25, -0.2) is 0 Å². The van der Waals surface area contributed by atoms with Gasteiger partial charge in [0, 0.05) is 6.07 Å². The van der Waals surface area contributed by atoms with Crippen molar-refractivity contribution in [2.45, 2.75) is 0 Å². The van der Waals surface area contributed by atoms with E-state index in [2.05, 4.69) is 0 Å². The highest BCUT2D eigenvalue weighted by atomic mass is 35.5. The van der Waals surface area contributed by atoms with Gasteiger partial charge in [0.1, 0.15) is 11.0 Å². The highest BCUT2D eigenvalue weighted by Gasteiger charge is 2.19. The molecule has 64 valence electrons. The number of benzene rings is 1. The molecule has 0 amide bonds. The van der Waals surface area contributed by atoms with E-state index in [0.29, 0.717) is 27.1 Å². The zero-order valence-corrected chi connectivity index (χ0v) is 7.21. The molecule has 0 saturated heterocycles. The molecule has 0 aromatic carbocycles. The van der Waals surface area contributed by atoms with Crippen LogP contribution in [-0.2, 0) is 0 Å². The second-order valence-corrected chi connectivity index (χ2v) is 3.28. The summed E-state index contributed by atoms with van der Waals surface area (Å²) >= 11 is 5.94. The van der Waals surface area contributed by atoms with Crippen LogP contribution in [0.1, 0.15) is 0 Å². The van der Waals surface area contributed by atoms with Gasteiger partial charge < -0.3 is 9.62 Å². The van der Waals surface area contributed by atoms with Crippen molar-refractivity contribution in [3.63, 3.8) is 0 Å². The van der Waals surface area contributed by atoms with Gasteiger partial charge in [-0.1, -0.05) is 11.6 Å². The Hall–Kier alpha value is -1.48. The Kier molecular flexibility index (Phi) is 1.10. The van der Waals surface area contributed by atoms with E-state index < -0.39 is 0 Å². The van der Waals surface area contributed by atoms with Gasteiger partial charge in [0.15, 0.2) is 6.20 Å². The van der Waals surface area contributed by atoms with Gasteiger partial charge in [-0.05, 0) is 12.1 Å². The Morgan fingerprint density at radius 2 is 2.00 bits per heavy atom. The van der Waals surface area contributed by atoms with E-state index in [1.165, 1.54) is 6.20 Å². The van der Waals surface area contributed by atoms with Crippen molar-refractivity contribution in [1.29, 1.82) is 0 Å². The minimum Gasteiger partial charge on any atom is -0.618 e. The van der Waals surface area contributed by atoms with Crippen LogP contribution in [0.15, 0.2) is 28.8 Å². The molecule has 0 aliphatic carbocycles. The highest BCUT2D eigenvalue weighted by molar-refractivity contribution is 6.37. The van der Waals surface area contributed by atoms with E-state index in [0.717, 1.165) is 4.73 Å². The normalized spacial score (nSPS) is 11.8. The molecule has 0 atom stereocenters. The van der Waals surface area contributed by atoms with Gasteiger partial charge in [-0.3, -0.25) is 0 Å². The topological polar surface area (TPSA) is 40.1 Å². The van der Waals surface area contributed by atoms with Crippen molar-refractivity contribution in [1.82, 2.24) is 0 Å². The number of rotatable bonds is 0. The lowest BCUT2D eigenvalue weighted by atomic mass is 10.2. The lowest BCUT2D eigenvalue weighted by Crippen LogP contribution is -2.25. The Balaban J connectivity index is 2.72. The molecule has 3 heterocycles. The molecule has 0 fully saturated rings. The molecule has 0 aliphatic rings. The van der Waals surface area contributed by atoms with Crippen LogP contribution in [0.3, 0.4) is 0 Å². The number of halogens is 1. The second-order valence-electron chi connectivity index (χ2n) is 2.88. The molecule has 4 heteroatoms. The van der Waals surface area contributed by atoms with Gasteiger partial charge in [-0.2, -0.15) is 4.73 Å². The van der Waals surface area contributed by atoms with E-state index in [9.17, 15) is 5.21 Å². The minimum atomic E-state index is 0.519. The van der Waals surface area contributed by atoms with Crippen molar-refractivity contribution in [3.8, 4) is 0 Å². The summed E-state index contributed by atoms with van der Waals surface area (Å²) in [7, 11) is 0. The van der Waals surface area contributed by atoms with Crippen LogP contribution in [-0.4, -0.2) is 0 Å². The lowest BCUT2D eigenvalue weighted by molar-refractivity contribution is -0.576. The van der Waals surface area contributed by atoms with Crippen LogP contribution in [0.2, 0.25) is 5.02 Å². The standard InChI is InChI=1S/C9H4ClNO2/c10-5-3-4-11(12)9-7-2-1-6(13-7)8(5)9/h1-4H. The molecule has 3 aromatic heterocycles. The Morgan fingerprint density at radius 1 is 1.23 bits per heavy atom. The third-order valence-electron chi connectivity index (χ3n) is 2.14. The molecule has 0 unspecified atom stereocenters. The molecule has 3 rings (SSSR count). The number of pyridine rings is 1. The SMILES string of the molecule is [O-][n+]1ccc(Cl)c2c3ccc(o3)c21. The van der Waals surface area contributed by atoms with E-state index in [1.807, 2.05) is 6.07 Å². The minimum absolute atomic E-state index is 0.519. The maximum absolute atomic E-state index is 11.4. The number of hydrogen-bond acceptors (Lipinski definition) is 2. The van der Waals surface area contributed by atoms with E-state index >= 15 is 0 Å². The number of aromatic nitrogens is 1. The van der Waals surface area contributed by atoms with E-state index in [1.54, 1.807) is 12.1 Å². The fourth-order valence-electron chi connectivity index (χ4n) is 1.58. The summed E-state index contributed by atoms with van der Waals surface area (Å²) in [4.78, 5) is 0. The quantitative estimate of drug-likeness (QED) is 0.406. The number of fused-ring (bicyclic) bond motifs is 5. The maximum atomic E-state index is 11.4. The van der Waals surface area contributed by atoms with Gasteiger partial charge in [-0.15, -0.1) is 0 Å². The van der Waals surface area contributed by atoms with Crippen molar-refractivity contribution < 1.29 is 9.15 Å². The van der Waals surface area contributed by atoms with Crippen LogP contribution >= 0.6 is 11.6 Å². The average molecular weight is 194 g/mol. The Labute approximate surface area is 78.0 Å². The molecule has 3 nitrogen and oxygen atoms in total. The fourth-order valence-corrected chi connectivity index (χ4v) is 1.82. The van der Waals surface area contributed by atoms with Crippen molar-refractivity contribution in [2.24, 2.45) is 0 Å². The van der Waals surface area contributed by atoms with Gasteiger partial charge >= 0.3 is 0 Å². The maximum Gasteiger partial charge on any atom is 0.272 e. The number of hydrogen-bond donors (Lipinski definition) is 0. The predicted octanol–water partition coefficient (Wildman–Crippen LogP) is 2.31. The first-order valence-corrected chi connectivity index (χ1v) is 4.17. The lowest BCUT2D eigenvalue weighted by Gasteiger charge is -1.98. The summed E-state index contributed by atoms with van der Waals surface area (Å²) in [6.07, 6.45) is 1.38. The fraction of sp³-hybridized carbons (Fsp3) is 0. The van der Waals surface area contributed by atoms with Crippen molar-refractivity contribution >= 4 is 33.7 Å². The molecule has 0 aliphatic heterocycles. The molecule has 0 saturated carbocycles. The van der Waals surface area contributed by atoms with Crippen molar-refractivity contribution in [2.75, 3.05) is 0 Å². The molecule has 3 aromatic rings. The summed E-state index contributed by atoms with van der Waals surface area (Å²) in [6, 6.07) is 5.14. The molecule has 13 heavy (non-hydrogen) atoms. The van der Waals surface area contributed by atoms with Gasteiger partial charge in [0.05, 0.1) is 5.02 Å². The van der Waals surface area contributed by atoms with E-state index in [4.69, 9.17) is 16.0 Å². The summed E-state index contributed by atoms with van der Waals surface area (Å²) < 4.78 is 6.09. The molecule has 0 radical (unpaired) electrons. The molecule has 2 bridgehead atoms. The van der Waals surface area contributed by atoms with Crippen LogP contribution in [0.25, 0.3) is 22.1 Å². The Bertz CT molecular complexity index is 537. The Morgan fingerprint density at radius 3 is 2.77 bits per heavy atom. The predicted molar refractivity (Wildman–Crippen MR) is 48.9 cm³/mol. The first-order valence-electron chi connectivity index (χ1n) is 3.79. The molecule has 0 N–H and O–H groups in total. The number of nitrogens with zero attached hydrogens (tertiary/aromatic N) is 1. The van der Waals surface area contributed by atoms with Crippen LogP contribution in [0, 0.1) is 5.21 Å². The zero-order valence-electron chi connectivity index (χ0n) is 6.45. The smallest absolute Gasteiger partial charge is 0.272 e. The first-order chi connectivity index (χ1) is 6.27. The largest absolute Gasteiger partial charge is 0.618 e. The second kappa shape index (κ2) is 2.06. The molecular weight excluding hydrogens is 190 g/mol. The summed E-state index contributed by atoms with van der Waals surface area (Å²) in [5.41, 5.74) is 1.77. The first kappa shape index (κ1) is 6.97. The number of furan rings is 2. The third kappa shape index (κ3) is 0.722. The zero-order chi connectivity index (χ0) is 9.00. The highest BCUT2D eigenvalue weighted by Crippen LogP contribution is 2.33. The van der Waals surface area contributed by atoms with Gasteiger partial charge in [0.25, 0.3) is 5.52 Å². The van der Waals surface area contributed by atoms with Crippen LogP contribution < -0.4 is 4.73 Å². The van der Waals surface area contributed by atoms with E-state index in [-0.39, 0.29) is 0 Å². The monoisotopic (exact) mass is 193 g/mol. The summed E-state index contributed by atoms with van der Waals surface area (Å²) in [5, 5.41) is 12.6. The molecule has 0 spiro atoms.